The predicted molar refractivity (Wildman–Crippen MR) is 134 cm³/mol. The number of aliphatic imine (C=N–C) groups is 1. The largest absolute Gasteiger partial charge is 0.467 e. The summed E-state index contributed by atoms with van der Waals surface area (Å²) >= 11 is 1.34. The molecule has 1 aliphatic rings. The predicted octanol–water partition coefficient (Wildman–Crippen LogP) is 6.63. The number of thioether (sulfide) groups is 1. The van der Waals surface area contributed by atoms with Crippen molar-refractivity contribution in [2.75, 3.05) is 0 Å². The number of aryl methyl sites for hydroxylation is 1. The molecule has 1 aliphatic heterocycles. The number of nitrogens with zero attached hydrogens (tertiary/aromatic N) is 3. The Bertz CT molecular complexity index is 1410. The molecule has 2 aromatic heterocycles. The van der Waals surface area contributed by atoms with Gasteiger partial charge in [0.2, 0.25) is 0 Å². The minimum atomic E-state index is -0.290. The molecule has 1 fully saturated rings. The Labute approximate surface area is 201 Å². The molecule has 0 bridgehead atoms. The molecule has 0 N–H and O–H groups in total. The number of carbonyl (C=O) groups excluding carboxylic acids is 1. The quantitative estimate of drug-likeness (QED) is 0.307. The minimum Gasteiger partial charge on any atom is -0.467 e. The van der Waals surface area contributed by atoms with Gasteiger partial charge in [-0.05, 0) is 85.8 Å². The lowest BCUT2D eigenvalue weighted by molar-refractivity contribution is -0.122. The van der Waals surface area contributed by atoms with Gasteiger partial charge in [-0.2, -0.15) is 0 Å². The van der Waals surface area contributed by atoms with Crippen molar-refractivity contribution in [2.24, 2.45) is 4.99 Å². The van der Waals surface area contributed by atoms with Crippen LogP contribution in [0, 0.1) is 19.7 Å². The van der Waals surface area contributed by atoms with E-state index in [1.165, 1.54) is 23.9 Å². The zero-order valence-corrected chi connectivity index (χ0v) is 19.6. The second kappa shape index (κ2) is 9.19. The first kappa shape index (κ1) is 22.0. The van der Waals surface area contributed by atoms with Crippen LogP contribution >= 0.6 is 11.8 Å². The number of rotatable bonds is 5. The van der Waals surface area contributed by atoms with Gasteiger partial charge in [-0.15, -0.1) is 0 Å². The van der Waals surface area contributed by atoms with E-state index in [-0.39, 0.29) is 11.7 Å². The number of para-hydroxylation sites is 1. The van der Waals surface area contributed by atoms with Crippen molar-refractivity contribution in [3.05, 3.63) is 112 Å². The highest BCUT2D eigenvalue weighted by molar-refractivity contribution is 8.18. The summed E-state index contributed by atoms with van der Waals surface area (Å²) in [5.74, 6) is 0.258. The lowest BCUT2D eigenvalue weighted by Gasteiger charge is -2.13. The summed E-state index contributed by atoms with van der Waals surface area (Å²) in [6, 6.07) is 21.7. The van der Waals surface area contributed by atoms with Gasteiger partial charge in [0, 0.05) is 17.1 Å². The number of hydrogen-bond donors (Lipinski definition) is 0. The Morgan fingerprint density at radius 1 is 1.03 bits per heavy atom. The maximum Gasteiger partial charge on any atom is 0.267 e. The maximum atomic E-state index is 13.8. The molecule has 2 aromatic carbocycles. The van der Waals surface area contributed by atoms with E-state index in [0.29, 0.717) is 22.4 Å². The van der Waals surface area contributed by atoms with Crippen LogP contribution < -0.4 is 0 Å². The van der Waals surface area contributed by atoms with E-state index < -0.39 is 0 Å². The van der Waals surface area contributed by atoms with E-state index in [1.807, 2.05) is 73.0 Å². The molecule has 1 saturated heterocycles. The molecular weight excluding hydrogens is 449 g/mol. The minimum absolute atomic E-state index is 0.133. The summed E-state index contributed by atoms with van der Waals surface area (Å²) in [6.07, 6.45) is 3.48. The fourth-order valence-electron chi connectivity index (χ4n) is 3.99. The van der Waals surface area contributed by atoms with Crippen LogP contribution in [0.15, 0.2) is 93.4 Å². The van der Waals surface area contributed by atoms with Crippen molar-refractivity contribution in [2.45, 2.75) is 20.4 Å². The summed E-state index contributed by atoms with van der Waals surface area (Å²) in [6.45, 7) is 4.23. The van der Waals surface area contributed by atoms with Crippen LogP contribution in [0.1, 0.15) is 22.7 Å². The zero-order chi connectivity index (χ0) is 23.7. The van der Waals surface area contributed by atoms with Crippen LogP contribution in [0.5, 0.6) is 0 Å². The number of amidine groups is 1. The molecule has 0 saturated carbocycles. The van der Waals surface area contributed by atoms with Gasteiger partial charge in [-0.1, -0.05) is 24.3 Å². The van der Waals surface area contributed by atoms with Gasteiger partial charge in [0.15, 0.2) is 5.17 Å². The molecule has 34 heavy (non-hydrogen) atoms. The Hall–Kier alpha value is -3.84. The lowest BCUT2D eigenvalue weighted by atomic mass is 10.2. The van der Waals surface area contributed by atoms with Crippen molar-refractivity contribution in [3.8, 4) is 5.69 Å². The molecule has 0 atom stereocenters. The molecule has 5 nitrogen and oxygen atoms in total. The van der Waals surface area contributed by atoms with Gasteiger partial charge in [0.25, 0.3) is 5.91 Å². The molecule has 0 aliphatic carbocycles. The summed E-state index contributed by atoms with van der Waals surface area (Å²) in [5.41, 5.74) is 4.30. The first-order valence-corrected chi connectivity index (χ1v) is 11.6. The lowest BCUT2D eigenvalue weighted by Crippen LogP contribution is -2.28. The Balaban J connectivity index is 1.52. The first-order valence-electron chi connectivity index (χ1n) is 10.8. The summed E-state index contributed by atoms with van der Waals surface area (Å²) in [7, 11) is 0. The van der Waals surface area contributed by atoms with Gasteiger partial charge >= 0.3 is 0 Å². The number of furan rings is 1. The average molecular weight is 472 g/mol. The van der Waals surface area contributed by atoms with Gasteiger partial charge in [-0.3, -0.25) is 9.69 Å². The van der Waals surface area contributed by atoms with E-state index in [1.54, 1.807) is 23.3 Å². The van der Waals surface area contributed by atoms with Gasteiger partial charge in [-0.25, -0.2) is 9.38 Å². The summed E-state index contributed by atoms with van der Waals surface area (Å²) < 4.78 is 21.3. The standard InChI is InChI=1S/C27H22FN3O2S/c1-18-14-20(19(2)31(18)23-11-6-8-21(28)16-23)15-25-26(32)30(17-24-12-7-13-33-24)27(34-25)29-22-9-4-3-5-10-22/h3-16H,17H2,1-2H3/b25-15-,29-27?. The van der Waals surface area contributed by atoms with E-state index >= 15 is 0 Å². The van der Waals surface area contributed by atoms with E-state index in [2.05, 4.69) is 0 Å². The molecule has 170 valence electrons. The highest BCUT2D eigenvalue weighted by Crippen LogP contribution is 2.36. The molecular formula is C27H22FN3O2S. The number of halogens is 1. The van der Waals surface area contributed by atoms with E-state index in [4.69, 9.17) is 9.41 Å². The van der Waals surface area contributed by atoms with Crippen LogP contribution in [0.25, 0.3) is 11.8 Å². The zero-order valence-electron chi connectivity index (χ0n) is 18.7. The fraction of sp³-hybridized carbons (Fsp3) is 0.111. The second-order valence-corrected chi connectivity index (χ2v) is 8.96. The van der Waals surface area contributed by atoms with Crippen molar-refractivity contribution in [1.82, 2.24) is 9.47 Å². The molecule has 0 unspecified atom stereocenters. The molecule has 1 amide bonds. The van der Waals surface area contributed by atoms with E-state index in [9.17, 15) is 9.18 Å². The highest BCUT2D eigenvalue weighted by Gasteiger charge is 2.34. The molecule has 7 heteroatoms. The van der Waals surface area contributed by atoms with Crippen molar-refractivity contribution >= 4 is 34.6 Å². The first-order chi connectivity index (χ1) is 16.5. The van der Waals surface area contributed by atoms with Crippen LogP contribution in [0.4, 0.5) is 10.1 Å². The molecule has 0 spiro atoms. The highest BCUT2D eigenvalue weighted by atomic mass is 32.2. The van der Waals surface area contributed by atoms with Gasteiger partial charge in [0.05, 0.1) is 23.4 Å². The normalized spacial score (nSPS) is 16.2. The van der Waals surface area contributed by atoms with Crippen molar-refractivity contribution < 1.29 is 13.6 Å². The van der Waals surface area contributed by atoms with Crippen LogP contribution in [0.3, 0.4) is 0 Å². The van der Waals surface area contributed by atoms with Crippen LogP contribution in [0.2, 0.25) is 0 Å². The van der Waals surface area contributed by atoms with Gasteiger partial charge in [0.1, 0.15) is 11.6 Å². The second-order valence-electron chi connectivity index (χ2n) is 7.95. The summed E-state index contributed by atoms with van der Waals surface area (Å²) in [4.78, 5) is 20.3. The molecule has 3 heterocycles. The third kappa shape index (κ3) is 4.34. The topological polar surface area (TPSA) is 50.7 Å². The third-order valence-electron chi connectivity index (χ3n) is 5.59. The molecule has 5 rings (SSSR count). The number of hydrogen-bond acceptors (Lipinski definition) is 4. The third-order valence-corrected chi connectivity index (χ3v) is 6.59. The van der Waals surface area contributed by atoms with Crippen LogP contribution in [-0.4, -0.2) is 20.5 Å². The fourth-order valence-corrected chi connectivity index (χ4v) is 4.98. The van der Waals surface area contributed by atoms with E-state index in [0.717, 1.165) is 28.3 Å². The summed E-state index contributed by atoms with van der Waals surface area (Å²) in [5, 5.41) is 0.595. The monoisotopic (exact) mass is 471 g/mol. The Morgan fingerprint density at radius 3 is 2.59 bits per heavy atom. The van der Waals surface area contributed by atoms with Crippen molar-refractivity contribution in [1.29, 1.82) is 0 Å². The Morgan fingerprint density at radius 2 is 1.85 bits per heavy atom. The number of amides is 1. The number of benzene rings is 2. The smallest absolute Gasteiger partial charge is 0.267 e. The maximum absolute atomic E-state index is 13.8. The molecule has 4 aromatic rings. The van der Waals surface area contributed by atoms with Crippen LogP contribution in [-0.2, 0) is 11.3 Å². The molecule has 0 radical (unpaired) electrons. The van der Waals surface area contributed by atoms with Gasteiger partial charge < -0.3 is 8.98 Å². The van der Waals surface area contributed by atoms with Crippen molar-refractivity contribution in [3.63, 3.8) is 0 Å². The Kier molecular flexibility index (Phi) is 5.94. The average Bonchev–Trinajstić information content (AvgIpc) is 3.51. The number of aromatic nitrogens is 1. The SMILES string of the molecule is Cc1cc(/C=C2\SC(=Nc3ccccc3)N(Cc3ccco3)C2=O)c(C)n1-c1cccc(F)c1. The number of carbonyl (C=O) groups is 1.